The number of halogens is 1. The van der Waals surface area contributed by atoms with E-state index in [9.17, 15) is 0 Å². The highest BCUT2D eigenvalue weighted by Crippen LogP contribution is 1.75. The fourth-order valence-electron chi connectivity index (χ4n) is 0.407. The van der Waals surface area contributed by atoms with Crippen molar-refractivity contribution in [2.45, 2.75) is 13.3 Å². The molecule has 8 heavy (non-hydrogen) atoms. The van der Waals surface area contributed by atoms with Crippen molar-refractivity contribution in [1.82, 2.24) is 5.32 Å². The molecule has 0 bridgehead atoms. The predicted molar refractivity (Wildman–Crippen MR) is 38.2 cm³/mol. The average Bonchev–Trinajstić information content (AvgIpc) is 1.81. The Kier molecular flexibility index (Phi) is 6.98. The zero-order chi connectivity index (χ0) is 6.24. The van der Waals surface area contributed by atoms with E-state index in [-0.39, 0.29) is 0 Å². The maximum Gasteiger partial charge on any atom is 0.0146 e. The molecule has 0 unspecified atom stereocenters. The second kappa shape index (κ2) is 6.99. The summed E-state index contributed by atoms with van der Waals surface area (Å²) in [6.07, 6.45) is 3.06. The van der Waals surface area contributed by atoms with E-state index in [0.717, 1.165) is 13.1 Å². The summed E-state index contributed by atoms with van der Waals surface area (Å²) in [5.41, 5.74) is 1.53. The van der Waals surface area contributed by atoms with Crippen LogP contribution < -0.4 is 5.32 Å². The normalized spacial score (nSPS) is 10.8. The first kappa shape index (κ1) is 7.99. The summed E-state index contributed by atoms with van der Waals surface area (Å²) >= 11 is 5.26. The third-order valence-corrected chi connectivity index (χ3v) is 0.956. The molecule has 0 heterocycles. The van der Waals surface area contributed by atoms with Gasteiger partial charge in [-0.25, -0.2) is 0 Å². The van der Waals surface area contributed by atoms with Crippen molar-refractivity contribution in [3.63, 3.8) is 0 Å². The Morgan fingerprint density at radius 3 is 2.88 bits per heavy atom. The van der Waals surface area contributed by atoms with E-state index in [0.29, 0.717) is 0 Å². The van der Waals surface area contributed by atoms with Gasteiger partial charge < -0.3 is 5.32 Å². The molecule has 0 rings (SSSR count). The van der Waals surface area contributed by atoms with Crippen LogP contribution in [-0.4, -0.2) is 13.1 Å². The summed E-state index contributed by atoms with van der Waals surface area (Å²) < 4.78 is 0. The van der Waals surface area contributed by atoms with Crippen molar-refractivity contribution in [3.8, 4) is 0 Å². The molecule has 0 aliphatic rings. The first-order valence-electron chi connectivity index (χ1n) is 2.87. The van der Waals surface area contributed by atoms with Gasteiger partial charge in [-0.05, 0) is 13.0 Å². The topological polar surface area (TPSA) is 12.0 Å². The lowest BCUT2D eigenvalue weighted by Crippen LogP contribution is -2.13. The van der Waals surface area contributed by atoms with Crippen LogP contribution in [0.1, 0.15) is 13.3 Å². The summed E-state index contributed by atoms with van der Waals surface area (Å²) in [6.45, 7) is 4.09. The molecular formula is C6H12ClN. The highest BCUT2D eigenvalue weighted by molar-refractivity contribution is 6.25. The summed E-state index contributed by atoms with van der Waals surface area (Å²) in [4.78, 5) is 0. The summed E-state index contributed by atoms with van der Waals surface area (Å²) in [5, 5.41) is 3.16. The van der Waals surface area contributed by atoms with Crippen molar-refractivity contribution in [3.05, 3.63) is 11.6 Å². The van der Waals surface area contributed by atoms with Crippen molar-refractivity contribution < 1.29 is 0 Å². The molecule has 1 N–H and O–H groups in total. The highest BCUT2D eigenvalue weighted by Gasteiger charge is 1.75. The SMILES string of the molecule is CCCNCC=CCl. The second-order valence-electron chi connectivity index (χ2n) is 1.57. The lowest BCUT2D eigenvalue weighted by Gasteiger charge is -1.93. The molecule has 0 aromatic carbocycles. The van der Waals surface area contributed by atoms with Crippen LogP contribution in [0.3, 0.4) is 0 Å². The number of nitrogens with one attached hydrogen (secondary N) is 1. The number of rotatable bonds is 4. The van der Waals surface area contributed by atoms with Crippen LogP contribution in [0.15, 0.2) is 11.6 Å². The maximum absolute atomic E-state index is 5.26. The van der Waals surface area contributed by atoms with Crippen molar-refractivity contribution in [2.75, 3.05) is 13.1 Å². The molecule has 0 saturated carbocycles. The molecule has 0 spiro atoms. The number of hydrogen-bond acceptors (Lipinski definition) is 1. The Labute approximate surface area is 55.7 Å². The van der Waals surface area contributed by atoms with Gasteiger partial charge in [-0.1, -0.05) is 24.6 Å². The van der Waals surface area contributed by atoms with E-state index >= 15 is 0 Å². The zero-order valence-electron chi connectivity index (χ0n) is 5.15. The van der Waals surface area contributed by atoms with Crippen LogP contribution in [0.2, 0.25) is 0 Å². The standard InChI is InChI=1S/C6H12ClN/c1-2-5-8-6-3-4-7/h3-4,8H,2,5-6H2,1H3. The minimum atomic E-state index is 0.886. The van der Waals surface area contributed by atoms with Crippen molar-refractivity contribution >= 4 is 11.6 Å². The predicted octanol–water partition coefficient (Wildman–Crippen LogP) is 1.74. The van der Waals surface area contributed by atoms with Crippen LogP contribution in [0.4, 0.5) is 0 Å². The Morgan fingerprint density at radius 2 is 2.38 bits per heavy atom. The first-order valence-corrected chi connectivity index (χ1v) is 3.31. The minimum absolute atomic E-state index is 0.886. The van der Waals surface area contributed by atoms with Crippen LogP contribution >= 0.6 is 11.6 Å². The molecule has 0 amide bonds. The van der Waals surface area contributed by atoms with Gasteiger partial charge in [-0.15, -0.1) is 0 Å². The van der Waals surface area contributed by atoms with E-state index in [1.807, 2.05) is 6.08 Å². The molecule has 0 aromatic rings. The third-order valence-electron chi connectivity index (χ3n) is 0.778. The molecule has 0 aliphatic carbocycles. The molecule has 1 nitrogen and oxygen atoms in total. The Hall–Kier alpha value is -0.0100. The van der Waals surface area contributed by atoms with E-state index in [1.165, 1.54) is 12.0 Å². The Balaban J connectivity index is 2.72. The third kappa shape index (κ3) is 5.99. The summed E-state index contributed by atoms with van der Waals surface area (Å²) in [6, 6.07) is 0. The van der Waals surface area contributed by atoms with Gasteiger partial charge in [0.2, 0.25) is 0 Å². The van der Waals surface area contributed by atoms with Crippen molar-refractivity contribution in [2.24, 2.45) is 0 Å². The quantitative estimate of drug-likeness (QED) is 0.576. The van der Waals surface area contributed by atoms with E-state index in [4.69, 9.17) is 11.6 Å². The molecule has 0 atom stereocenters. The van der Waals surface area contributed by atoms with Gasteiger partial charge in [0, 0.05) is 12.1 Å². The van der Waals surface area contributed by atoms with Gasteiger partial charge in [-0.3, -0.25) is 0 Å². The average molecular weight is 134 g/mol. The molecule has 0 aromatic heterocycles. The lowest BCUT2D eigenvalue weighted by atomic mass is 10.5. The van der Waals surface area contributed by atoms with E-state index in [2.05, 4.69) is 12.2 Å². The zero-order valence-corrected chi connectivity index (χ0v) is 5.91. The fraction of sp³-hybridized carbons (Fsp3) is 0.667. The van der Waals surface area contributed by atoms with Gasteiger partial charge in [-0.2, -0.15) is 0 Å². The largest absolute Gasteiger partial charge is 0.313 e. The number of hydrogen-bond donors (Lipinski definition) is 1. The van der Waals surface area contributed by atoms with Gasteiger partial charge in [0.1, 0.15) is 0 Å². The van der Waals surface area contributed by atoms with Gasteiger partial charge >= 0.3 is 0 Å². The molecule has 0 aliphatic heterocycles. The van der Waals surface area contributed by atoms with Crippen LogP contribution in [-0.2, 0) is 0 Å². The maximum atomic E-state index is 5.26. The van der Waals surface area contributed by atoms with Crippen molar-refractivity contribution in [1.29, 1.82) is 0 Å². The second-order valence-corrected chi connectivity index (χ2v) is 1.82. The van der Waals surface area contributed by atoms with Crippen LogP contribution in [0, 0.1) is 0 Å². The smallest absolute Gasteiger partial charge is 0.0146 e. The fourth-order valence-corrected chi connectivity index (χ4v) is 0.496. The molecular weight excluding hydrogens is 122 g/mol. The molecule has 0 radical (unpaired) electrons. The molecule has 48 valence electrons. The Bertz CT molecular complexity index is 61.5. The van der Waals surface area contributed by atoms with Gasteiger partial charge in [0.25, 0.3) is 0 Å². The summed E-state index contributed by atoms with van der Waals surface area (Å²) in [7, 11) is 0. The van der Waals surface area contributed by atoms with Gasteiger partial charge in [0.05, 0.1) is 0 Å². The first-order chi connectivity index (χ1) is 3.91. The van der Waals surface area contributed by atoms with Crippen LogP contribution in [0.5, 0.6) is 0 Å². The van der Waals surface area contributed by atoms with E-state index in [1.54, 1.807) is 0 Å². The van der Waals surface area contributed by atoms with Gasteiger partial charge in [0.15, 0.2) is 0 Å². The lowest BCUT2D eigenvalue weighted by molar-refractivity contribution is 0.729. The highest BCUT2D eigenvalue weighted by atomic mass is 35.5. The molecule has 2 heteroatoms. The monoisotopic (exact) mass is 133 g/mol. The molecule has 0 saturated heterocycles. The minimum Gasteiger partial charge on any atom is -0.313 e. The summed E-state index contributed by atoms with van der Waals surface area (Å²) in [5.74, 6) is 0. The van der Waals surface area contributed by atoms with E-state index < -0.39 is 0 Å². The molecule has 0 fully saturated rings. The Morgan fingerprint density at radius 1 is 1.62 bits per heavy atom. The van der Waals surface area contributed by atoms with Crippen LogP contribution in [0.25, 0.3) is 0 Å².